The lowest BCUT2D eigenvalue weighted by Gasteiger charge is -2.24. The van der Waals surface area contributed by atoms with Crippen molar-refractivity contribution in [2.75, 3.05) is 0 Å². The van der Waals surface area contributed by atoms with Crippen LogP contribution in [0.15, 0.2) is 140 Å². The third-order valence-corrected chi connectivity index (χ3v) is 13.0. The summed E-state index contributed by atoms with van der Waals surface area (Å²) in [5, 5.41) is 0. The van der Waals surface area contributed by atoms with Gasteiger partial charge in [-0.3, -0.25) is 0 Å². The van der Waals surface area contributed by atoms with Crippen LogP contribution in [0.25, 0.3) is 66.8 Å². The van der Waals surface area contributed by atoms with Crippen molar-refractivity contribution in [3.05, 3.63) is 178 Å². The van der Waals surface area contributed by atoms with Gasteiger partial charge in [0.25, 0.3) is 0 Å². The molecule has 0 N–H and O–H groups in total. The summed E-state index contributed by atoms with van der Waals surface area (Å²) in [6.07, 6.45) is 0. The molecule has 7 aromatic carbocycles. The van der Waals surface area contributed by atoms with E-state index >= 15 is 0 Å². The SMILES string of the molecule is Cc1cc(-c2ccc3c(c2)C(C)(C)c2ccccc2-3)c(-c2ccc3c(c2)C(C)(C)c2ccccc2-3)cc1-c1ccc2c(c1)C(C)(C)c1ccccc1-2. The fourth-order valence-corrected chi connectivity index (χ4v) is 10.1. The van der Waals surface area contributed by atoms with Crippen LogP contribution in [0.3, 0.4) is 0 Å². The first-order chi connectivity index (χ1) is 25.0. The smallest absolute Gasteiger partial charge is 0.0159 e. The molecule has 0 saturated heterocycles. The van der Waals surface area contributed by atoms with Crippen LogP contribution in [-0.2, 0) is 16.2 Å². The van der Waals surface area contributed by atoms with Gasteiger partial charge in [0, 0.05) is 16.2 Å². The molecule has 0 aromatic heterocycles. The molecule has 0 atom stereocenters. The minimum absolute atomic E-state index is 0.0476. The molecule has 3 aliphatic carbocycles. The van der Waals surface area contributed by atoms with Crippen LogP contribution in [0.2, 0.25) is 0 Å². The lowest BCUT2D eigenvalue weighted by Crippen LogP contribution is -2.15. The van der Waals surface area contributed by atoms with E-state index in [4.69, 9.17) is 0 Å². The van der Waals surface area contributed by atoms with E-state index in [0.717, 1.165) is 0 Å². The summed E-state index contributed by atoms with van der Waals surface area (Å²) < 4.78 is 0. The molecule has 7 aromatic rings. The van der Waals surface area contributed by atoms with Crippen LogP contribution in [-0.4, -0.2) is 0 Å². The molecule has 0 heterocycles. The molecule has 0 bridgehead atoms. The monoisotopic (exact) mass is 668 g/mol. The summed E-state index contributed by atoms with van der Waals surface area (Å²) in [6.45, 7) is 16.6. The molecule has 10 rings (SSSR count). The Morgan fingerprint density at radius 3 is 0.962 bits per heavy atom. The highest BCUT2D eigenvalue weighted by atomic mass is 14.4. The highest BCUT2D eigenvalue weighted by molar-refractivity contribution is 5.94. The normalized spacial score (nSPS) is 16.1. The zero-order chi connectivity index (χ0) is 35.7. The Kier molecular flexibility index (Phi) is 6.35. The van der Waals surface area contributed by atoms with Crippen molar-refractivity contribution < 1.29 is 0 Å². The fourth-order valence-electron chi connectivity index (χ4n) is 10.1. The molecule has 0 spiro atoms. The van der Waals surface area contributed by atoms with Crippen molar-refractivity contribution in [3.8, 4) is 66.8 Å². The molecule has 0 aliphatic heterocycles. The number of fused-ring (bicyclic) bond motifs is 9. The van der Waals surface area contributed by atoms with Gasteiger partial charge in [-0.05, 0) is 137 Å². The Hall–Kier alpha value is -5.46. The van der Waals surface area contributed by atoms with E-state index in [1.165, 1.54) is 106 Å². The maximum absolute atomic E-state index is 2.49. The fraction of sp³-hybridized carbons (Fsp3) is 0.192. The van der Waals surface area contributed by atoms with Crippen LogP contribution in [0, 0.1) is 6.92 Å². The highest BCUT2D eigenvalue weighted by Gasteiger charge is 2.38. The van der Waals surface area contributed by atoms with Crippen molar-refractivity contribution in [1.82, 2.24) is 0 Å². The van der Waals surface area contributed by atoms with Crippen LogP contribution in [0.5, 0.6) is 0 Å². The van der Waals surface area contributed by atoms with Gasteiger partial charge in [0.2, 0.25) is 0 Å². The second-order valence-electron chi connectivity index (χ2n) is 17.0. The van der Waals surface area contributed by atoms with E-state index in [1.807, 2.05) is 0 Å². The summed E-state index contributed by atoms with van der Waals surface area (Å²) in [6, 6.07) is 53.4. The van der Waals surface area contributed by atoms with Gasteiger partial charge >= 0.3 is 0 Å². The summed E-state index contributed by atoms with van der Waals surface area (Å²) in [5.74, 6) is 0. The zero-order valence-corrected chi connectivity index (χ0v) is 31.3. The molecule has 0 fully saturated rings. The average Bonchev–Trinajstić information content (AvgIpc) is 3.64. The minimum atomic E-state index is -0.0699. The third-order valence-electron chi connectivity index (χ3n) is 13.0. The van der Waals surface area contributed by atoms with Crippen LogP contribution in [0.1, 0.15) is 80.5 Å². The van der Waals surface area contributed by atoms with Crippen molar-refractivity contribution in [2.24, 2.45) is 0 Å². The van der Waals surface area contributed by atoms with Gasteiger partial charge in [-0.15, -0.1) is 0 Å². The van der Waals surface area contributed by atoms with Gasteiger partial charge in [0.15, 0.2) is 0 Å². The maximum atomic E-state index is 2.49. The van der Waals surface area contributed by atoms with Gasteiger partial charge in [-0.2, -0.15) is 0 Å². The number of hydrogen-bond acceptors (Lipinski definition) is 0. The Labute approximate surface area is 308 Å². The molecular weight excluding hydrogens is 625 g/mol. The van der Waals surface area contributed by atoms with Gasteiger partial charge in [-0.25, -0.2) is 0 Å². The van der Waals surface area contributed by atoms with E-state index in [-0.39, 0.29) is 16.2 Å². The first-order valence-electron chi connectivity index (χ1n) is 18.9. The maximum Gasteiger partial charge on any atom is 0.0159 e. The summed E-state index contributed by atoms with van der Waals surface area (Å²) in [7, 11) is 0. The van der Waals surface area contributed by atoms with E-state index in [1.54, 1.807) is 0 Å². The molecule has 0 nitrogen and oxygen atoms in total. The predicted molar refractivity (Wildman–Crippen MR) is 220 cm³/mol. The van der Waals surface area contributed by atoms with Gasteiger partial charge in [0.1, 0.15) is 0 Å². The number of hydrogen-bond donors (Lipinski definition) is 0. The average molecular weight is 669 g/mol. The van der Waals surface area contributed by atoms with E-state index in [0.29, 0.717) is 0 Å². The van der Waals surface area contributed by atoms with Crippen molar-refractivity contribution in [2.45, 2.75) is 64.7 Å². The quantitative estimate of drug-likeness (QED) is 0.176. The van der Waals surface area contributed by atoms with Gasteiger partial charge < -0.3 is 0 Å². The molecule has 252 valence electrons. The summed E-state index contributed by atoms with van der Waals surface area (Å²) >= 11 is 0. The molecule has 3 aliphatic rings. The molecule has 0 amide bonds. The van der Waals surface area contributed by atoms with Crippen LogP contribution >= 0.6 is 0 Å². The molecule has 0 saturated carbocycles. The molecular formula is C52H44. The van der Waals surface area contributed by atoms with Crippen LogP contribution < -0.4 is 0 Å². The minimum Gasteiger partial charge on any atom is -0.0619 e. The third kappa shape index (κ3) is 4.16. The van der Waals surface area contributed by atoms with E-state index in [9.17, 15) is 0 Å². The lowest BCUT2D eigenvalue weighted by molar-refractivity contribution is 0.660. The Balaban J connectivity index is 1.18. The van der Waals surface area contributed by atoms with Crippen molar-refractivity contribution >= 4 is 0 Å². The van der Waals surface area contributed by atoms with E-state index < -0.39 is 0 Å². The van der Waals surface area contributed by atoms with Gasteiger partial charge in [0.05, 0.1) is 0 Å². The number of rotatable bonds is 3. The molecule has 0 heteroatoms. The Morgan fingerprint density at radius 1 is 0.269 bits per heavy atom. The number of benzene rings is 7. The topological polar surface area (TPSA) is 0 Å². The second-order valence-corrected chi connectivity index (χ2v) is 17.0. The standard InChI is InChI=1S/C52H44/c1-31-26-42(33-21-24-39-36-15-9-12-18-45(36)51(4,5)48(39)28-33)43(34-22-25-40-37-16-10-13-19-46(37)52(6,7)49(40)29-34)30-41(31)32-20-23-38-35-14-8-11-17-44(35)50(2,3)47(38)27-32/h8-30H,1-7H3. The largest absolute Gasteiger partial charge is 0.0619 e. The first-order valence-corrected chi connectivity index (χ1v) is 18.9. The second kappa shape index (κ2) is 10.5. The molecule has 52 heavy (non-hydrogen) atoms. The molecule has 0 radical (unpaired) electrons. The lowest BCUT2D eigenvalue weighted by atomic mass is 9.79. The van der Waals surface area contributed by atoms with Crippen LogP contribution in [0.4, 0.5) is 0 Å². The highest BCUT2D eigenvalue weighted by Crippen LogP contribution is 2.54. The summed E-state index contributed by atoms with van der Waals surface area (Å²) in [5.41, 5.74) is 25.4. The summed E-state index contributed by atoms with van der Waals surface area (Å²) in [4.78, 5) is 0. The first kappa shape index (κ1) is 31.3. The Morgan fingerprint density at radius 2 is 0.577 bits per heavy atom. The predicted octanol–water partition coefficient (Wildman–Crippen LogP) is 13.9. The number of aryl methyl sites for hydroxylation is 1. The Bertz CT molecular complexity index is 2660. The van der Waals surface area contributed by atoms with Gasteiger partial charge in [-0.1, -0.05) is 157 Å². The van der Waals surface area contributed by atoms with Crippen molar-refractivity contribution in [1.29, 1.82) is 0 Å². The van der Waals surface area contributed by atoms with E-state index in [2.05, 4.69) is 188 Å². The molecule has 0 unspecified atom stereocenters. The van der Waals surface area contributed by atoms with Crippen molar-refractivity contribution in [3.63, 3.8) is 0 Å². The zero-order valence-electron chi connectivity index (χ0n) is 31.3.